The van der Waals surface area contributed by atoms with Crippen molar-refractivity contribution >= 4 is 41.4 Å². The van der Waals surface area contributed by atoms with Crippen molar-refractivity contribution < 1.29 is 53.5 Å². The summed E-state index contributed by atoms with van der Waals surface area (Å²) >= 11 is 0. The van der Waals surface area contributed by atoms with Crippen molar-refractivity contribution in [1.29, 1.82) is 5.41 Å². The summed E-state index contributed by atoms with van der Waals surface area (Å²) in [4.78, 5) is 66.1. The number of hydrogen-bond acceptors (Lipinski definition) is 10. The molecular formula is C40H41N5O11. The number of carboxylic acid groups (broad SMARTS) is 3. The summed E-state index contributed by atoms with van der Waals surface area (Å²) in [7, 11) is 0. The maximum absolute atomic E-state index is 14.1. The minimum absolute atomic E-state index is 0.0545. The van der Waals surface area contributed by atoms with Crippen LogP contribution in [-0.4, -0.2) is 99.8 Å². The number of ether oxygens (including phenoxy) is 3. The van der Waals surface area contributed by atoms with E-state index in [2.05, 4.69) is 5.32 Å². The van der Waals surface area contributed by atoms with Crippen molar-refractivity contribution in [2.45, 2.75) is 31.8 Å². The number of fused-ring (bicyclic) bond motifs is 2. The van der Waals surface area contributed by atoms with E-state index in [1.165, 1.54) is 24.3 Å². The van der Waals surface area contributed by atoms with Crippen molar-refractivity contribution in [2.75, 3.05) is 38.2 Å². The molecule has 7 N–H and O–H groups in total. The van der Waals surface area contributed by atoms with Gasteiger partial charge in [-0.25, -0.2) is 9.59 Å². The standard InChI is InChI=1S/C40H41N5O11/c41-40(42)43-28-13-16-30-27(21-28)8-5-18-55-36-31(9-4-10-33(36)56-39(30)53)37(50)45(24-35(48)49)32(38(51)52)20-25-11-14-29(15-12-25)54-19-17-44(23-34(46)47)22-26-6-2-1-3-7-26/h1-4,6-7,9-16,21,32H,5,8,17-20,22-24H2,(H,46,47)(H,48,49)(H,51,52)(H4,41,42,43). The lowest BCUT2D eigenvalue weighted by atomic mass is 10.0. The maximum atomic E-state index is 14.1. The van der Waals surface area contributed by atoms with Crippen LogP contribution in [0.4, 0.5) is 5.69 Å². The molecule has 56 heavy (non-hydrogen) atoms. The van der Waals surface area contributed by atoms with Gasteiger partial charge in [0.25, 0.3) is 5.91 Å². The van der Waals surface area contributed by atoms with Crippen molar-refractivity contribution in [1.82, 2.24) is 9.80 Å². The highest BCUT2D eigenvalue weighted by Crippen LogP contribution is 2.35. The molecular weight excluding hydrogens is 726 g/mol. The number of nitrogens with one attached hydrogen (secondary N) is 2. The summed E-state index contributed by atoms with van der Waals surface area (Å²) in [6.07, 6.45) is 0.480. The molecule has 1 aliphatic rings. The average Bonchev–Trinajstić information content (AvgIpc) is 3.15. The molecule has 0 fully saturated rings. The van der Waals surface area contributed by atoms with Crippen LogP contribution in [0.25, 0.3) is 0 Å². The second-order valence-electron chi connectivity index (χ2n) is 12.9. The van der Waals surface area contributed by atoms with Crippen molar-refractivity contribution in [3.05, 3.63) is 119 Å². The molecule has 0 bridgehead atoms. The molecule has 16 heteroatoms. The number of aliphatic carboxylic acids is 3. The van der Waals surface area contributed by atoms with E-state index in [9.17, 15) is 39.3 Å². The number of hydrogen-bond donors (Lipinski definition) is 6. The third-order valence-electron chi connectivity index (χ3n) is 8.72. The van der Waals surface area contributed by atoms with Crippen LogP contribution < -0.4 is 25.3 Å². The number of rotatable bonds is 16. The summed E-state index contributed by atoms with van der Waals surface area (Å²) in [5, 5.41) is 39.6. The zero-order chi connectivity index (χ0) is 40.2. The SMILES string of the molecule is N=C(N)Nc1ccc2c(c1)CCCOc1c(cccc1C(=O)N(CC(=O)O)C(Cc1ccc(OCCN(CC(=O)O)Cc3ccccc3)cc1)C(=O)O)OC2=O. The molecule has 292 valence electrons. The largest absolute Gasteiger partial charge is 0.492 e. The lowest BCUT2D eigenvalue weighted by Crippen LogP contribution is -2.48. The molecule has 4 aromatic carbocycles. The number of guanidine groups is 1. The zero-order valence-corrected chi connectivity index (χ0v) is 30.2. The van der Waals surface area contributed by atoms with E-state index in [-0.39, 0.29) is 54.8 Å². The van der Waals surface area contributed by atoms with Crippen LogP contribution in [0.3, 0.4) is 0 Å². The van der Waals surface area contributed by atoms with Gasteiger partial charge in [-0.2, -0.15) is 0 Å². The first-order chi connectivity index (χ1) is 26.9. The molecule has 0 aromatic heterocycles. The Morgan fingerprint density at radius 2 is 1.62 bits per heavy atom. The molecule has 16 nitrogen and oxygen atoms in total. The molecule has 0 spiro atoms. The van der Waals surface area contributed by atoms with Crippen LogP contribution in [-0.2, 0) is 33.8 Å². The number of nitrogens with two attached hydrogens (primary N) is 1. The minimum Gasteiger partial charge on any atom is -0.492 e. The number of carboxylic acids is 3. The van der Waals surface area contributed by atoms with Crippen LogP contribution in [0.2, 0.25) is 0 Å². The fourth-order valence-electron chi connectivity index (χ4n) is 6.18. The first-order valence-corrected chi connectivity index (χ1v) is 17.5. The number of nitrogens with zero attached hydrogens (tertiary/aromatic N) is 2. The van der Waals surface area contributed by atoms with Gasteiger partial charge in [-0.15, -0.1) is 0 Å². The van der Waals surface area contributed by atoms with E-state index >= 15 is 0 Å². The number of esters is 1. The molecule has 5 rings (SSSR count). The Morgan fingerprint density at radius 3 is 2.30 bits per heavy atom. The summed E-state index contributed by atoms with van der Waals surface area (Å²) < 4.78 is 17.5. The lowest BCUT2D eigenvalue weighted by molar-refractivity contribution is -0.145. The summed E-state index contributed by atoms with van der Waals surface area (Å²) in [5.41, 5.74) is 8.01. The van der Waals surface area contributed by atoms with Gasteiger partial charge in [0.05, 0.1) is 24.3 Å². The second kappa shape index (κ2) is 18.9. The Morgan fingerprint density at radius 1 is 0.893 bits per heavy atom. The smallest absolute Gasteiger partial charge is 0.343 e. The Bertz CT molecular complexity index is 2070. The van der Waals surface area contributed by atoms with Crippen LogP contribution in [0.5, 0.6) is 17.2 Å². The molecule has 0 saturated heterocycles. The third kappa shape index (κ3) is 11.0. The van der Waals surface area contributed by atoms with Gasteiger partial charge in [-0.3, -0.25) is 24.7 Å². The van der Waals surface area contributed by atoms with Gasteiger partial charge in [0.2, 0.25) is 0 Å². The van der Waals surface area contributed by atoms with Crippen LogP contribution in [0, 0.1) is 5.41 Å². The Labute approximate surface area is 321 Å². The lowest BCUT2D eigenvalue weighted by Gasteiger charge is -2.29. The van der Waals surface area contributed by atoms with Gasteiger partial charge in [0.15, 0.2) is 17.5 Å². The number of carbonyl (C=O) groups excluding carboxylic acids is 2. The molecule has 1 unspecified atom stereocenters. The molecule has 0 radical (unpaired) electrons. The summed E-state index contributed by atoms with van der Waals surface area (Å²) in [6.45, 7) is -0.184. The van der Waals surface area contributed by atoms with Crippen LogP contribution in [0.15, 0.2) is 91.0 Å². The monoisotopic (exact) mass is 767 g/mol. The number of carbonyl (C=O) groups is 5. The zero-order valence-electron chi connectivity index (χ0n) is 30.2. The highest BCUT2D eigenvalue weighted by Gasteiger charge is 2.35. The van der Waals surface area contributed by atoms with Crippen molar-refractivity contribution in [2.24, 2.45) is 5.73 Å². The first-order valence-electron chi connectivity index (χ1n) is 17.5. The topological polar surface area (TPSA) is 242 Å². The van der Waals surface area contributed by atoms with Gasteiger partial charge in [-0.1, -0.05) is 48.5 Å². The molecule has 4 aromatic rings. The van der Waals surface area contributed by atoms with Gasteiger partial charge >= 0.3 is 23.9 Å². The Balaban J connectivity index is 1.31. The predicted octanol–water partition coefficient (Wildman–Crippen LogP) is 3.72. The van der Waals surface area contributed by atoms with E-state index in [1.807, 2.05) is 30.3 Å². The Kier molecular flexibility index (Phi) is 13.6. The van der Waals surface area contributed by atoms with E-state index in [0.717, 1.165) is 10.5 Å². The first kappa shape index (κ1) is 40.2. The quantitative estimate of drug-likeness (QED) is 0.0412. The fourth-order valence-corrected chi connectivity index (χ4v) is 6.18. The molecule has 0 aliphatic carbocycles. The van der Waals surface area contributed by atoms with Crippen LogP contribution in [0.1, 0.15) is 43.8 Å². The van der Waals surface area contributed by atoms with Gasteiger partial charge in [-0.05, 0) is 72.0 Å². The van der Waals surface area contributed by atoms with Gasteiger partial charge in [0, 0.05) is 25.2 Å². The fraction of sp³-hybridized carbons (Fsp3) is 0.250. The van der Waals surface area contributed by atoms with Gasteiger partial charge < -0.3 is 45.5 Å². The Hall–Kier alpha value is -6.94. The number of benzene rings is 4. The summed E-state index contributed by atoms with van der Waals surface area (Å²) in [6, 6.07) is 23.1. The predicted molar refractivity (Wildman–Crippen MR) is 202 cm³/mol. The molecule has 1 heterocycles. The van der Waals surface area contributed by atoms with Gasteiger partial charge in [0.1, 0.15) is 24.9 Å². The second-order valence-corrected chi connectivity index (χ2v) is 12.9. The number of amides is 1. The molecule has 1 aliphatic heterocycles. The molecule has 1 atom stereocenters. The molecule has 0 saturated carbocycles. The van der Waals surface area contributed by atoms with Crippen LogP contribution >= 0.6 is 0 Å². The average molecular weight is 768 g/mol. The van der Waals surface area contributed by atoms with E-state index in [0.29, 0.717) is 48.5 Å². The van der Waals surface area contributed by atoms with E-state index in [1.54, 1.807) is 41.3 Å². The van der Waals surface area contributed by atoms with E-state index < -0.39 is 42.4 Å². The van der Waals surface area contributed by atoms with Crippen molar-refractivity contribution in [3.63, 3.8) is 0 Å². The number of para-hydroxylation sites is 1. The highest BCUT2D eigenvalue weighted by atomic mass is 16.6. The number of anilines is 1. The number of aryl methyl sites for hydroxylation is 1. The highest BCUT2D eigenvalue weighted by molar-refractivity contribution is 6.02. The third-order valence-corrected chi connectivity index (χ3v) is 8.72. The maximum Gasteiger partial charge on any atom is 0.343 e. The molecule has 1 amide bonds. The van der Waals surface area contributed by atoms with E-state index in [4.69, 9.17) is 25.4 Å². The van der Waals surface area contributed by atoms with Crippen molar-refractivity contribution in [3.8, 4) is 17.2 Å². The normalized spacial score (nSPS) is 12.8. The summed E-state index contributed by atoms with van der Waals surface area (Å²) in [5.74, 6) is -5.70. The minimum atomic E-state index is -1.63.